The molecule has 0 saturated carbocycles. The SMILES string of the molecule is CC(NC(=O)CN1CCN(c2ccc(Cl)cn2)CC1)c1ccc(Br)cc1. The summed E-state index contributed by atoms with van der Waals surface area (Å²) in [6.07, 6.45) is 1.67. The van der Waals surface area contributed by atoms with E-state index in [0.29, 0.717) is 11.6 Å². The quantitative estimate of drug-likeness (QED) is 0.778. The number of halogens is 2. The third-order valence-corrected chi connectivity index (χ3v) is 5.28. The third-order valence-electron chi connectivity index (χ3n) is 4.52. The van der Waals surface area contributed by atoms with E-state index < -0.39 is 0 Å². The average Bonchev–Trinajstić information content (AvgIpc) is 2.63. The Morgan fingerprint density at radius 1 is 1.19 bits per heavy atom. The number of carbonyl (C=O) groups excluding carboxylic acids is 1. The molecule has 26 heavy (non-hydrogen) atoms. The van der Waals surface area contributed by atoms with Crippen molar-refractivity contribution < 1.29 is 4.79 Å². The van der Waals surface area contributed by atoms with Crippen molar-refractivity contribution in [1.82, 2.24) is 15.2 Å². The molecular formula is C19H22BrClN4O. The molecule has 2 heterocycles. The molecule has 1 fully saturated rings. The summed E-state index contributed by atoms with van der Waals surface area (Å²) >= 11 is 9.32. The summed E-state index contributed by atoms with van der Waals surface area (Å²) in [5.74, 6) is 0.987. The van der Waals surface area contributed by atoms with Gasteiger partial charge in [0.05, 0.1) is 17.6 Å². The first-order chi connectivity index (χ1) is 12.5. The van der Waals surface area contributed by atoms with Gasteiger partial charge in [-0.25, -0.2) is 4.98 Å². The van der Waals surface area contributed by atoms with Crippen LogP contribution in [0.3, 0.4) is 0 Å². The maximum Gasteiger partial charge on any atom is 0.234 e. The zero-order valence-corrected chi connectivity index (χ0v) is 17.0. The molecule has 1 aromatic heterocycles. The molecule has 1 aliphatic rings. The minimum absolute atomic E-state index is 0.00448. The molecule has 5 nitrogen and oxygen atoms in total. The van der Waals surface area contributed by atoms with Gasteiger partial charge in [0.1, 0.15) is 5.82 Å². The van der Waals surface area contributed by atoms with E-state index >= 15 is 0 Å². The van der Waals surface area contributed by atoms with E-state index in [1.807, 2.05) is 43.3 Å². The van der Waals surface area contributed by atoms with Gasteiger partial charge >= 0.3 is 0 Å². The summed E-state index contributed by atoms with van der Waals surface area (Å²) in [7, 11) is 0. The molecule has 7 heteroatoms. The number of nitrogens with one attached hydrogen (secondary N) is 1. The molecule has 1 saturated heterocycles. The standard InChI is InChI=1S/C19H22BrClN4O/c1-14(15-2-4-16(20)5-3-15)23-19(26)13-24-8-10-25(11-9-24)18-7-6-17(21)12-22-18/h2-7,12,14H,8-11,13H2,1H3,(H,23,26). The number of aromatic nitrogens is 1. The van der Waals surface area contributed by atoms with Gasteiger partial charge in [0.25, 0.3) is 0 Å². The molecule has 1 aliphatic heterocycles. The van der Waals surface area contributed by atoms with E-state index in [1.165, 1.54) is 0 Å². The molecular weight excluding hydrogens is 416 g/mol. The van der Waals surface area contributed by atoms with Gasteiger partial charge in [-0.05, 0) is 36.8 Å². The number of pyridine rings is 1. The van der Waals surface area contributed by atoms with Crippen LogP contribution in [0.1, 0.15) is 18.5 Å². The number of amides is 1. The number of piperazine rings is 1. The van der Waals surface area contributed by atoms with Gasteiger partial charge in [0.2, 0.25) is 5.91 Å². The molecule has 0 spiro atoms. The summed E-state index contributed by atoms with van der Waals surface area (Å²) in [6, 6.07) is 11.8. The number of rotatable bonds is 5. The number of anilines is 1. The monoisotopic (exact) mass is 436 g/mol. The maximum atomic E-state index is 12.3. The fourth-order valence-electron chi connectivity index (χ4n) is 3.02. The summed E-state index contributed by atoms with van der Waals surface area (Å²) in [6.45, 7) is 5.80. The van der Waals surface area contributed by atoms with Crippen molar-refractivity contribution in [2.24, 2.45) is 0 Å². The molecule has 1 amide bonds. The topological polar surface area (TPSA) is 48.5 Å². The van der Waals surface area contributed by atoms with Gasteiger partial charge in [-0.1, -0.05) is 39.7 Å². The van der Waals surface area contributed by atoms with Crippen molar-refractivity contribution in [2.75, 3.05) is 37.6 Å². The predicted molar refractivity (Wildman–Crippen MR) is 109 cm³/mol. The molecule has 3 rings (SSSR count). The molecule has 1 unspecified atom stereocenters. The normalized spacial score (nSPS) is 16.3. The van der Waals surface area contributed by atoms with Crippen LogP contribution in [0.2, 0.25) is 5.02 Å². The molecule has 0 radical (unpaired) electrons. The van der Waals surface area contributed by atoms with Crippen molar-refractivity contribution in [3.8, 4) is 0 Å². The van der Waals surface area contributed by atoms with Crippen LogP contribution < -0.4 is 10.2 Å². The minimum Gasteiger partial charge on any atom is -0.354 e. The largest absolute Gasteiger partial charge is 0.354 e. The van der Waals surface area contributed by atoms with E-state index in [1.54, 1.807) is 6.20 Å². The number of nitrogens with zero attached hydrogens (tertiary/aromatic N) is 3. The van der Waals surface area contributed by atoms with E-state index in [4.69, 9.17) is 11.6 Å². The van der Waals surface area contributed by atoms with Crippen LogP contribution in [0.25, 0.3) is 0 Å². The Kier molecular flexibility index (Phi) is 6.51. The molecule has 0 aliphatic carbocycles. The highest BCUT2D eigenvalue weighted by atomic mass is 79.9. The lowest BCUT2D eigenvalue weighted by Crippen LogP contribution is -2.49. The Labute approximate surface area is 167 Å². The van der Waals surface area contributed by atoms with Crippen LogP contribution in [0.5, 0.6) is 0 Å². The van der Waals surface area contributed by atoms with Gasteiger partial charge in [-0.3, -0.25) is 9.69 Å². The first-order valence-corrected chi connectivity index (χ1v) is 9.82. The predicted octanol–water partition coefficient (Wildman–Crippen LogP) is 3.50. The van der Waals surface area contributed by atoms with Gasteiger partial charge in [0.15, 0.2) is 0 Å². The van der Waals surface area contributed by atoms with E-state index in [2.05, 4.69) is 36.0 Å². The highest BCUT2D eigenvalue weighted by Gasteiger charge is 2.20. The smallest absolute Gasteiger partial charge is 0.234 e. The summed E-state index contributed by atoms with van der Waals surface area (Å²) in [5, 5.41) is 3.72. The van der Waals surface area contributed by atoms with Gasteiger partial charge in [-0.15, -0.1) is 0 Å². The number of carbonyl (C=O) groups is 1. The zero-order chi connectivity index (χ0) is 18.5. The second-order valence-electron chi connectivity index (χ2n) is 6.44. The minimum atomic E-state index is -0.00448. The van der Waals surface area contributed by atoms with Crippen LogP contribution in [0.4, 0.5) is 5.82 Å². The number of benzene rings is 1. The summed E-state index contributed by atoms with van der Waals surface area (Å²) < 4.78 is 1.04. The second kappa shape index (κ2) is 8.84. The van der Waals surface area contributed by atoms with Gasteiger partial charge in [-0.2, -0.15) is 0 Å². The number of hydrogen-bond donors (Lipinski definition) is 1. The lowest BCUT2D eigenvalue weighted by molar-refractivity contribution is -0.123. The van der Waals surface area contributed by atoms with Crippen LogP contribution in [0, 0.1) is 0 Å². The summed E-state index contributed by atoms with van der Waals surface area (Å²) in [5.41, 5.74) is 1.10. The number of hydrogen-bond acceptors (Lipinski definition) is 4. The fraction of sp³-hybridized carbons (Fsp3) is 0.368. The van der Waals surface area contributed by atoms with Crippen molar-refractivity contribution in [3.05, 3.63) is 57.7 Å². The first-order valence-electron chi connectivity index (χ1n) is 8.65. The molecule has 1 aromatic carbocycles. The molecule has 2 aromatic rings. The third kappa shape index (κ3) is 5.19. The molecule has 1 N–H and O–H groups in total. The highest BCUT2D eigenvalue weighted by molar-refractivity contribution is 9.10. The van der Waals surface area contributed by atoms with Crippen molar-refractivity contribution in [3.63, 3.8) is 0 Å². The lowest BCUT2D eigenvalue weighted by atomic mass is 10.1. The van der Waals surface area contributed by atoms with Crippen molar-refractivity contribution in [1.29, 1.82) is 0 Å². The lowest BCUT2D eigenvalue weighted by Gasteiger charge is -2.35. The van der Waals surface area contributed by atoms with Gasteiger partial charge in [0, 0.05) is 36.8 Å². The van der Waals surface area contributed by atoms with E-state index in [0.717, 1.165) is 42.0 Å². The molecule has 1 atom stereocenters. The molecule has 0 bridgehead atoms. The van der Waals surface area contributed by atoms with E-state index in [-0.39, 0.29) is 11.9 Å². The Morgan fingerprint density at radius 3 is 2.50 bits per heavy atom. The van der Waals surface area contributed by atoms with Crippen LogP contribution >= 0.6 is 27.5 Å². The Morgan fingerprint density at radius 2 is 1.88 bits per heavy atom. The molecule has 138 valence electrons. The first kappa shape index (κ1) is 19.1. The van der Waals surface area contributed by atoms with E-state index in [9.17, 15) is 4.79 Å². The van der Waals surface area contributed by atoms with Crippen LogP contribution in [0.15, 0.2) is 47.1 Å². The second-order valence-corrected chi connectivity index (χ2v) is 7.79. The van der Waals surface area contributed by atoms with Crippen LogP contribution in [-0.2, 0) is 4.79 Å². The van der Waals surface area contributed by atoms with Crippen LogP contribution in [-0.4, -0.2) is 48.5 Å². The highest BCUT2D eigenvalue weighted by Crippen LogP contribution is 2.17. The zero-order valence-electron chi connectivity index (χ0n) is 14.7. The Bertz CT molecular complexity index is 730. The fourth-order valence-corrected chi connectivity index (χ4v) is 3.39. The Hall–Kier alpha value is -1.63. The average molecular weight is 438 g/mol. The van der Waals surface area contributed by atoms with Gasteiger partial charge < -0.3 is 10.2 Å². The maximum absolute atomic E-state index is 12.3. The summed E-state index contributed by atoms with van der Waals surface area (Å²) in [4.78, 5) is 21.1. The van der Waals surface area contributed by atoms with Crippen molar-refractivity contribution in [2.45, 2.75) is 13.0 Å². The Balaban J connectivity index is 1.45. The van der Waals surface area contributed by atoms with Crippen molar-refractivity contribution >= 4 is 39.3 Å².